The van der Waals surface area contributed by atoms with Crippen LogP contribution in [0.4, 0.5) is 26.3 Å². The van der Waals surface area contributed by atoms with Crippen molar-refractivity contribution >= 4 is 0 Å². The van der Waals surface area contributed by atoms with Crippen LogP contribution in [0.15, 0.2) is 66.7 Å². The van der Waals surface area contributed by atoms with Crippen molar-refractivity contribution in [2.75, 3.05) is 0 Å². The summed E-state index contributed by atoms with van der Waals surface area (Å²) in [6.07, 6.45) is -8.98. The van der Waals surface area contributed by atoms with E-state index < -0.39 is 23.5 Å². The molecule has 0 atom stereocenters. The molecule has 0 radical (unpaired) electrons. The van der Waals surface area contributed by atoms with Gasteiger partial charge in [0, 0.05) is 11.1 Å². The lowest BCUT2D eigenvalue weighted by Crippen LogP contribution is -2.05. The first-order chi connectivity index (χ1) is 12.1. The smallest absolute Gasteiger partial charge is 0.248 e. The van der Waals surface area contributed by atoms with E-state index in [1.807, 2.05) is 0 Å². The normalized spacial score (nSPS) is 12.2. The van der Waals surface area contributed by atoms with Crippen molar-refractivity contribution < 1.29 is 26.3 Å². The predicted octanol–water partition coefficient (Wildman–Crippen LogP) is 6.45. The molecule has 0 amide bonds. The van der Waals surface area contributed by atoms with E-state index >= 15 is 0 Å². The minimum atomic E-state index is -4.49. The van der Waals surface area contributed by atoms with E-state index in [0.717, 1.165) is 24.3 Å². The molecule has 1 heterocycles. The molecule has 0 saturated heterocycles. The number of rotatable bonds is 2. The lowest BCUT2D eigenvalue weighted by Gasteiger charge is -2.11. The first-order valence-corrected chi connectivity index (χ1v) is 7.47. The highest BCUT2D eigenvalue weighted by Gasteiger charge is 2.31. The van der Waals surface area contributed by atoms with Gasteiger partial charge in [0.05, 0.1) is 22.5 Å². The van der Waals surface area contributed by atoms with Crippen LogP contribution >= 0.6 is 0 Å². The number of pyridine rings is 1. The minimum absolute atomic E-state index is 0.230. The molecule has 0 bridgehead atoms. The van der Waals surface area contributed by atoms with Gasteiger partial charge in [-0.2, -0.15) is 26.3 Å². The topological polar surface area (TPSA) is 12.9 Å². The van der Waals surface area contributed by atoms with Crippen LogP contribution in [0.5, 0.6) is 0 Å². The summed E-state index contributed by atoms with van der Waals surface area (Å²) < 4.78 is 77.1. The third-order valence-electron chi connectivity index (χ3n) is 3.72. The van der Waals surface area contributed by atoms with Gasteiger partial charge in [-0.15, -0.1) is 0 Å². The first-order valence-electron chi connectivity index (χ1n) is 7.47. The van der Waals surface area contributed by atoms with Crippen molar-refractivity contribution in [2.24, 2.45) is 0 Å². The van der Waals surface area contributed by atoms with E-state index in [9.17, 15) is 26.3 Å². The van der Waals surface area contributed by atoms with Crippen LogP contribution in [0.1, 0.15) is 11.1 Å². The lowest BCUT2D eigenvalue weighted by molar-refractivity contribution is -0.138. The van der Waals surface area contributed by atoms with Gasteiger partial charge in [0.2, 0.25) is 0 Å². The Labute approximate surface area is 144 Å². The van der Waals surface area contributed by atoms with E-state index in [1.165, 1.54) is 42.5 Å². The highest BCUT2D eigenvalue weighted by atomic mass is 19.4. The summed E-state index contributed by atoms with van der Waals surface area (Å²) in [5.74, 6) is 0. The molecule has 7 heteroatoms. The molecule has 3 rings (SSSR count). The van der Waals surface area contributed by atoms with Gasteiger partial charge in [-0.3, -0.25) is 0 Å². The van der Waals surface area contributed by atoms with Crippen LogP contribution in [0.3, 0.4) is 0 Å². The zero-order valence-corrected chi connectivity index (χ0v) is 13.1. The van der Waals surface area contributed by atoms with Crippen LogP contribution in [-0.2, 0) is 12.4 Å². The summed E-state index contributed by atoms with van der Waals surface area (Å²) in [5.41, 5.74) is -0.693. The summed E-state index contributed by atoms with van der Waals surface area (Å²) in [5, 5.41) is 0. The van der Waals surface area contributed by atoms with E-state index in [2.05, 4.69) is 4.98 Å². The van der Waals surface area contributed by atoms with Gasteiger partial charge in [-0.05, 0) is 36.4 Å². The standard InChI is InChI=1S/C19H11F6N/c20-18(21,22)14-6-1-4-12(10-14)16-8-3-9-17(26-16)13-5-2-7-15(11-13)19(23,24)25/h1-11H. The Balaban J connectivity index is 2.03. The number of hydrogen-bond acceptors (Lipinski definition) is 1. The number of alkyl halides is 6. The number of hydrogen-bond donors (Lipinski definition) is 0. The largest absolute Gasteiger partial charge is 0.416 e. The lowest BCUT2D eigenvalue weighted by atomic mass is 10.0. The highest BCUT2D eigenvalue weighted by Crippen LogP contribution is 2.34. The number of benzene rings is 2. The van der Waals surface area contributed by atoms with Crippen LogP contribution in [0.2, 0.25) is 0 Å². The minimum Gasteiger partial charge on any atom is -0.248 e. The van der Waals surface area contributed by atoms with Crippen LogP contribution < -0.4 is 0 Å². The van der Waals surface area contributed by atoms with Gasteiger partial charge < -0.3 is 0 Å². The van der Waals surface area contributed by atoms with Crippen molar-refractivity contribution in [3.63, 3.8) is 0 Å². The average Bonchev–Trinajstić information content (AvgIpc) is 2.61. The van der Waals surface area contributed by atoms with E-state index in [0.29, 0.717) is 0 Å². The van der Waals surface area contributed by atoms with E-state index in [4.69, 9.17) is 0 Å². The summed E-state index contributed by atoms with van der Waals surface area (Å²) in [7, 11) is 0. The van der Waals surface area contributed by atoms with Gasteiger partial charge >= 0.3 is 12.4 Å². The van der Waals surface area contributed by atoms with Crippen molar-refractivity contribution in [1.29, 1.82) is 0 Å². The first kappa shape index (κ1) is 18.0. The monoisotopic (exact) mass is 367 g/mol. The van der Waals surface area contributed by atoms with Gasteiger partial charge in [0.25, 0.3) is 0 Å². The molecule has 0 aliphatic rings. The molecule has 1 nitrogen and oxygen atoms in total. The van der Waals surface area contributed by atoms with Crippen LogP contribution in [-0.4, -0.2) is 4.98 Å². The Kier molecular flexibility index (Phi) is 4.48. The zero-order chi connectivity index (χ0) is 18.9. The maximum atomic E-state index is 12.9. The fourth-order valence-corrected chi connectivity index (χ4v) is 2.47. The molecule has 1 aromatic heterocycles. The Morgan fingerprint density at radius 3 is 1.31 bits per heavy atom. The molecule has 0 unspecified atom stereocenters. The molecule has 3 aromatic rings. The summed E-state index contributed by atoms with van der Waals surface area (Å²) in [6.45, 7) is 0. The molecular weight excluding hydrogens is 356 g/mol. The fourth-order valence-electron chi connectivity index (χ4n) is 2.47. The van der Waals surface area contributed by atoms with Crippen LogP contribution in [0, 0.1) is 0 Å². The van der Waals surface area contributed by atoms with Gasteiger partial charge in [0.1, 0.15) is 0 Å². The van der Waals surface area contributed by atoms with Crippen molar-refractivity contribution in [1.82, 2.24) is 4.98 Å². The van der Waals surface area contributed by atoms with Crippen LogP contribution in [0.25, 0.3) is 22.5 Å². The summed E-state index contributed by atoms with van der Waals surface area (Å²) in [6, 6.07) is 13.8. The Morgan fingerprint density at radius 2 is 0.923 bits per heavy atom. The summed E-state index contributed by atoms with van der Waals surface area (Å²) >= 11 is 0. The number of nitrogens with zero attached hydrogens (tertiary/aromatic N) is 1. The zero-order valence-electron chi connectivity index (χ0n) is 13.1. The van der Waals surface area contributed by atoms with Gasteiger partial charge in [0.15, 0.2) is 0 Å². The second-order valence-corrected chi connectivity index (χ2v) is 5.57. The fraction of sp³-hybridized carbons (Fsp3) is 0.105. The quantitative estimate of drug-likeness (QED) is 0.474. The van der Waals surface area contributed by atoms with Crippen molar-refractivity contribution in [3.8, 4) is 22.5 Å². The Hall–Kier alpha value is -2.83. The third kappa shape index (κ3) is 3.87. The maximum Gasteiger partial charge on any atom is 0.416 e. The van der Waals surface area contributed by atoms with Gasteiger partial charge in [-0.25, -0.2) is 4.98 Å². The predicted molar refractivity (Wildman–Crippen MR) is 85.1 cm³/mol. The van der Waals surface area contributed by atoms with E-state index in [-0.39, 0.29) is 22.5 Å². The third-order valence-corrected chi connectivity index (χ3v) is 3.72. The second kappa shape index (κ2) is 6.48. The number of halogens is 6. The maximum absolute atomic E-state index is 12.9. The summed E-state index contributed by atoms with van der Waals surface area (Å²) in [4.78, 5) is 4.22. The number of aromatic nitrogens is 1. The molecular formula is C19H11F6N. The average molecular weight is 367 g/mol. The molecule has 0 N–H and O–H groups in total. The molecule has 0 aliphatic heterocycles. The second-order valence-electron chi connectivity index (χ2n) is 5.57. The van der Waals surface area contributed by atoms with E-state index in [1.54, 1.807) is 0 Å². The molecule has 2 aromatic carbocycles. The highest BCUT2D eigenvalue weighted by molar-refractivity contribution is 5.67. The molecule has 26 heavy (non-hydrogen) atoms. The molecule has 134 valence electrons. The van der Waals surface area contributed by atoms with Gasteiger partial charge in [-0.1, -0.05) is 30.3 Å². The Bertz CT molecular complexity index is 855. The molecule has 0 fully saturated rings. The SMILES string of the molecule is FC(F)(F)c1cccc(-c2cccc(-c3cccc(C(F)(F)F)c3)n2)c1. The van der Waals surface area contributed by atoms with Crippen molar-refractivity contribution in [3.05, 3.63) is 77.9 Å². The van der Waals surface area contributed by atoms with Crippen molar-refractivity contribution in [2.45, 2.75) is 12.4 Å². The molecule has 0 spiro atoms. The Morgan fingerprint density at radius 1 is 0.538 bits per heavy atom. The molecule has 0 saturated carbocycles. The molecule has 0 aliphatic carbocycles.